The summed E-state index contributed by atoms with van der Waals surface area (Å²) >= 11 is 5.99. The zero-order valence-corrected chi connectivity index (χ0v) is 11.8. The van der Waals surface area contributed by atoms with Crippen molar-refractivity contribution in [2.75, 3.05) is 0 Å². The maximum absolute atomic E-state index is 13.2. The Morgan fingerprint density at radius 2 is 1.55 bits per heavy atom. The van der Waals surface area contributed by atoms with Crippen molar-refractivity contribution in [2.45, 2.75) is 6.18 Å². The van der Waals surface area contributed by atoms with Gasteiger partial charge in [0.05, 0.1) is 5.02 Å². The van der Waals surface area contributed by atoms with Crippen molar-refractivity contribution in [3.8, 4) is 22.7 Å². The van der Waals surface area contributed by atoms with E-state index in [2.05, 4.69) is 4.98 Å². The second-order valence-corrected chi connectivity index (χ2v) is 4.95. The summed E-state index contributed by atoms with van der Waals surface area (Å²) in [5, 5.41) is 0.181. The standard InChI is InChI=1S/C16H9ClF3NO/c17-12-9-5-4-8-11(12)13-14(16(18,19)20)22-15(21-13)10-6-2-1-3-7-10/h1-9H. The fraction of sp³-hybridized carbons (Fsp3) is 0.0625. The van der Waals surface area contributed by atoms with Crippen molar-refractivity contribution in [1.82, 2.24) is 4.98 Å². The first-order valence-corrected chi connectivity index (χ1v) is 6.73. The van der Waals surface area contributed by atoms with Gasteiger partial charge in [-0.15, -0.1) is 0 Å². The number of aromatic nitrogens is 1. The van der Waals surface area contributed by atoms with Crippen LogP contribution in [0.25, 0.3) is 22.7 Å². The second-order valence-electron chi connectivity index (χ2n) is 4.54. The monoisotopic (exact) mass is 323 g/mol. The van der Waals surface area contributed by atoms with Crippen LogP contribution in [0.1, 0.15) is 5.76 Å². The highest BCUT2D eigenvalue weighted by atomic mass is 35.5. The van der Waals surface area contributed by atoms with Gasteiger partial charge in [-0.2, -0.15) is 13.2 Å². The van der Waals surface area contributed by atoms with Crippen molar-refractivity contribution >= 4 is 11.6 Å². The summed E-state index contributed by atoms with van der Waals surface area (Å²) < 4.78 is 44.6. The number of halogens is 4. The first kappa shape index (κ1) is 14.7. The molecule has 2 nitrogen and oxygen atoms in total. The van der Waals surface area contributed by atoms with Gasteiger partial charge in [0.1, 0.15) is 5.69 Å². The molecule has 112 valence electrons. The van der Waals surface area contributed by atoms with Crippen molar-refractivity contribution in [2.24, 2.45) is 0 Å². The van der Waals surface area contributed by atoms with Crippen molar-refractivity contribution in [1.29, 1.82) is 0 Å². The summed E-state index contributed by atoms with van der Waals surface area (Å²) in [6, 6.07) is 14.6. The van der Waals surface area contributed by atoms with Gasteiger partial charge in [-0.05, 0) is 18.2 Å². The van der Waals surface area contributed by atoms with E-state index in [4.69, 9.17) is 16.0 Å². The zero-order valence-electron chi connectivity index (χ0n) is 11.1. The van der Waals surface area contributed by atoms with Crippen LogP contribution in [0.5, 0.6) is 0 Å². The molecule has 0 atom stereocenters. The molecule has 0 amide bonds. The van der Waals surface area contributed by atoms with E-state index in [0.29, 0.717) is 5.56 Å². The number of benzene rings is 2. The van der Waals surface area contributed by atoms with Crippen molar-refractivity contribution in [3.05, 3.63) is 65.4 Å². The molecular formula is C16H9ClF3NO. The molecule has 1 aromatic heterocycles. The molecule has 0 fully saturated rings. The number of hydrogen-bond acceptors (Lipinski definition) is 2. The Balaban J connectivity index is 2.21. The van der Waals surface area contributed by atoms with E-state index in [1.165, 1.54) is 12.1 Å². The maximum Gasteiger partial charge on any atom is 0.451 e. The Morgan fingerprint density at radius 1 is 0.909 bits per heavy atom. The lowest BCUT2D eigenvalue weighted by Crippen LogP contribution is -2.05. The lowest BCUT2D eigenvalue weighted by atomic mass is 10.1. The van der Waals surface area contributed by atoms with E-state index >= 15 is 0 Å². The number of hydrogen-bond donors (Lipinski definition) is 0. The average Bonchev–Trinajstić information content (AvgIpc) is 2.94. The first-order chi connectivity index (χ1) is 10.5. The minimum Gasteiger partial charge on any atom is -0.431 e. The van der Waals surface area contributed by atoms with Crippen LogP contribution in [0.4, 0.5) is 13.2 Å². The van der Waals surface area contributed by atoms with Crippen LogP contribution in [-0.4, -0.2) is 4.98 Å². The van der Waals surface area contributed by atoms with Gasteiger partial charge >= 0.3 is 6.18 Å². The van der Waals surface area contributed by atoms with Gasteiger partial charge < -0.3 is 4.42 Å². The number of oxazole rings is 1. The lowest BCUT2D eigenvalue weighted by molar-refractivity contribution is -0.152. The summed E-state index contributed by atoms with van der Waals surface area (Å²) in [5.74, 6) is -1.25. The predicted molar refractivity (Wildman–Crippen MR) is 77.4 cm³/mol. The van der Waals surface area contributed by atoms with Crippen LogP contribution in [0.3, 0.4) is 0 Å². The number of nitrogens with zero attached hydrogens (tertiary/aromatic N) is 1. The Bertz CT molecular complexity index is 797. The molecule has 0 aliphatic rings. The molecule has 3 aromatic rings. The Labute approximate surface area is 129 Å². The van der Waals surface area contributed by atoms with E-state index in [1.807, 2.05) is 0 Å². The summed E-state index contributed by atoms with van der Waals surface area (Å²) in [6.07, 6.45) is -4.66. The van der Waals surface area contributed by atoms with E-state index < -0.39 is 11.9 Å². The average molecular weight is 324 g/mol. The smallest absolute Gasteiger partial charge is 0.431 e. The number of rotatable bonds is 2. The lowest BCUT2D eigenvalue weighted by Gasteiger charge is -2.05. The van der Waals surface area contributed by atoms with Crippen LogP contribution >= 0.6 is 11.6 Å². The molecule has 2 aromatic carbocycles. The van der Waals surface area contributed by atoms with Gasteiger partial charge in [0, 0.05) is 11.1 Å². The molecule has 22 heavy (non-hydrogen) atoms. The van der Waals surface area contributed by atoms with Gasteiger partial charge in [0.25, 0.3) is 0 Å². The highest BCUT2D eigenvalue weighted by Gasteiger charge is 2.40. The predicted octanol–water partition coefficient (Wildman–Crippen LogP) is 5.68. The molecule has 0 spiro atoms. The van der Waals surface area contributed by atoms with Gasteiger partial charge in [0.15, 0.2) is 0 Å². The fourth-order valence-corrected chi connectivity index (χ4v) is 2.28. The third-order valence-electron chi connectivity index (χ3n) is 3.03. The van der Waals surface area contributed by atoms with Crippen LogP contribution in [0, 0.1) is 0 Å². The summed E-state index contributed by atoms with van der Waals surface area (Å²) in [5.41, 5.74) is 0.339. The fourth-order valence-electron chi connectivity index (χ4n) is 2.05. The molecule has 0 unspecified atom stereocenters. The first-order valence-electron chi connectivity index (χ1n) is 6.35. The summed E-state index contributed by atoms with van der Waals surface area (Å²) in [4.78, 5) is 4.01. The molecule has 0 aliphatic carbocycles. The minimum atomic E-state index is -4.66. The van der Waals surface area contributed by atoms with Gasteiger partial charge in [-0.25, -0.2) is 4.98 Å². The van der Waals surface area contributed by atoms with Gasteiger partial charge in [0.2, 0.25) is 11.7 Å². The third kappa shape index (κ3) is 2.72. The molecule has 0 saturated heterocycles. The van der Waals surface area contributed by atoms with Gasteiger partial charge in [-0.3, -0.25) is 0 Å². The molecule has 6 heteroatoms. The largest absolute Gasteiger partial charge is 0.451 e. The highest BCUT2D eigenvalue weighted by Crippen LogP contribution is 2.41. The SMILES string of the molecule is FC(F)(F)c1oc(-c2ccccc2)nc1-c1ccccc1Cl. The Morgan fingerprint density at radius 3 is 2.18 bits per heavy atom. The van der Waals surface area contributed by atoms with E-state index in [1.54, 1.807) is 42.5 Å². The normalized spacial score (nSPS) is 11.6. The quantitative estimate of drug-likeness (QED) is 0.606. The molecule has 0 N–H and O–H groups in total. The summed E-state index contributed by atoms with van der Waals surface area (Å²) in [7, 11) is 0. The van der Waals surface area contributed by atoms with Crippen LogP contribution in [0.15, 0.2) is 59.0 Å². The molecule has 0 radical (unpaired) electrons. The zero-order chi connectivity index (χ0) is 15.7. The Kier molecular flexibility index (Phi) is 3.66. The molecular weight excluding hydrogens is 315 g/mol. The molecule has 3 rings (SSSR count). The molecule has 1 heterocycles. The minimum absolute atomic E-state index is 0.0946. The maximum atomic E-state index is 13.2. The third-order valence-corrected chi connectivity index (χ3v) is 3.36. The van der Waals surface area contributed by atoms with Crippen molar-refractivity contribution < 1.29 is 17.6 Å². The van der Waals surface area contributed by atoms with Crippen LogP contribution in [0.2, 0.25) is 5.02 Å². The second kappa shape index (κ2) is 5.50. The van der Waals surface area contributed by atoms with Crippen LogP contribution in [-0.2, 0) is 6.18 Å². The summed E-state index contributed by atoms with van der Waals surface area (Å²) in [6.45, 7) is 0. The topological polar surface area (TPSA) is 26.0 Å². The molecule has 0 bridgehead atoms. The molecule has 0 aliphatic heterocycles. The van der Waals surface area contributed by atoms with E-state index in [9.17, 15) is 13.2 Å². The Hall–Kier alpha value is -2.27. The van der Waals surface area contributed by atoms with Gasteiger partial charge in [-0.1, -0.05) is 48.0 Å². The number of alkyl halides is 3. The van der Waals surface area contributed by atoms with Crippen LogP contribution < -0.4 is 0 Å². The van der Waals surface area contributed by atoms with E-state index in [-0.39, 0.29) is 22.2 Å². The van der Waals surface area contributed by atoms with Crippen molar-refractivity contribution in [3.63, 3.8) is 0 Å². The molecule has 0 saturated carbocycles. The highest BCUT2D eigenvalue weighted by molar-refractivity contribution is 6.33. The van der Waals surface area contributed by atoms with E-state index in [0.717, 1.165) is 0 Å².